The fourth-order valence-electron chi connectivity index (χ4n) is 1.61. The summed E-state index contributed by atoms with van der Waals surface area (Å²) in [4.78, 5) is 10.7. The summed E-state index contributed by atoms with van der Waals surface area (Å²) in [6, 6.07) is 7.43. The maximum atomic E-state index is 10.7. The number of carbonyl (C=O) groups is 1. The fraction of sp³-hybridized carbons (Fsp3) is 0.471. The van der Waals surface area contributed by atoms with E-state index >= 15 is 0 Å². The van der Waals surface area contributed by atoms with Crippen LogP contribution in [0.1, 0.15) is 33.3 Å². The number of benzene rings is 1. The van der Waals surface area contributed by atoms with Gasteiger partial charge < -0.3 is 20.5 Å². The Kier molecular flexibility index (Phi) is 7.08. The molecule has 0 aliphatic rings. The van der Waals surface area contributed by atoms with Gasteiger partial charge in [-0.3, -0.25) is 4.79 Å². The van der Waals surface area contributed by atoms with Crippen molar-refractivity contribution in [2.45, 2.75) is 39.3 Å². The SMILES string of the molecule is CC(=O)NC=Cc1ccc(OCC(O)CNC(C)(C)C)cc1. The number of carbonyl (C=O) groups excluding carboxylic acids is 1. The first-order valence-electron chi connectivity index (χ1n) is 7.36. The van der Waals surface area contributed by atoms with Crippen LogP contribution in [-0.4, -0.2) is 35.8 Å². The molecule has 1 atom stereocenters. The Morgan fingerprint density at radius 1 is 1.32 bits per heavy atom. The Labute approximate surface area is 132 Å². The first kappa shape index (κ1) is 18.2. The van der Waals surface area contributed by atoms with E-state index in [2.05, 4.69) is 10.6 Å². The topological polar surface area (TPSA) is 70.6 Å². The number of amides is 1. The summed E-state index contributed by atoms with van der Waals surface area (Å²) in [5.41, 5.74) is 0.930. The Balaban J connectivity index is 2.38. The van der Waals surface area contributed by atoms with E-state index in [0.29, 0.717) is 12.3 Å². The molecule has 22 heavy (non-hydrogen) atoms. The standard InChI is InChI=1S/C17H26N2O3/c1-13(20)18-10-9-14-5-7-16(8-6-14)22-12-15(21)11-19-17(2,3)4/h5-10,15,19,21H,11-12H2,1-4H3,(H,18,20). The van der Waals surface area contributed by atoms with Gasteiger partial charge in [-0.05, 0) is 44.5 Å². The van der Waals surface area contributed by atoms with E-state index in [9.17, 15) is 9.90 Å². The zero-order chi connectivity index (χ0) is 16.6. The number of hydrogen-bond donors (Lipinski definition) is 3. The lowest BCUT2D eigenvalue weighted by Gasteiger charge is -2.22. The van der Waals surface area contributed by atoms with E-state index in [-0.39, 0.29) is 18.1 Å². The summed E-state index contributed by atoms with van der Waals surface area (Å²) < 4.78 is 5.55. The summed E-state index contributed by atoms with van der Waals surface area (Å²) in [6.45, 7) is 8.33. The predicted molar refractivity (Wildman–Crippen MR) is 88.6 cm³/mol. The number of hydrogen-bond acceptors (Lipinski definition) is 4. The predicted octanol–water partition coefficient (Wildman–Crippen LogP) is 1.92. The summed E-state index contributed by atoms with van der Waals surface area (Å²) in [5, 5.41) is 15.7. The molecular weight excluding hydrogens is 280 g/mol. The van der Waals surface area contributed by atoms with Crippen molar-refractivity contribution in [2.75, 3.05) is 13.2 Å². The second-order valence-electron chi connectivity index (χ2n) is 6.20. The Bertz CT molecular complexity index is 490. The molecule has 1 amide bonds. The zero-order valence-corrected chi connectivity index (χ0v) is 13.7. The number of β-amino-alcohol motifs (C(OH)–C–C–N with tert-alkyl or cyclic N) is 1. The lowest BCUT2D eigenvalue weighted by Crippen LogP contribution is -2.42. The van der Waals surface area contributed by atoms with Gasteiger partial charge in [0.1, 0.15) is 18.5 Å². The molecule has 1 rings (SSSR count). The van der Waals surface area contributed by atoms with Crippen LogP contribution in [0.4, 0.5) is 0 Å². The third-order valence-corrected chi connectivity index (χ3v) is 2.75. The molecule has 0 aliphatic heterocycles. The van der Waals surface area contributed by atoms with Gasteiger partial charge in [0.25, 0.3) is 0 Å². The average molecular weight is 306 g/mol. The molecule has 1 aromatic carbocycles. The van der Waals surface area contributed by atoms with Gasteiger partial charge in [-0.2, -0.15) is 0 Å². The first-order valence-corrected chi connectivity index (χ1v) is 7.36. The van der Waals surface area contributed by atoms with Crippen LogP contribution in [0.15, 0.2) is 30.5 Å². The van der Waals surface area contributed by atoms with Crippen LogP contribution < -0.4 is 15.4 Å². The van der Waals surface area contributed by atoms with E-state index in [1.807, 2.05) is 45.0 Å². The molecule has 0 saturated heterocycles. The highest BCUT2D eigenvalue weighted by Crippen LogP contribution is 2.13. The lowest BCUT2D eigenvalue weighted by atomic mass is 10.1. The number of aliphatic hydroxyl groups is 1. The van der Waals surface area contributed by atoms with Gasteiger partial charge in [0, 0.05) is 25.2 Å². The highest BCUT2D eigenvalue weighted by atomic mass is 16.5. The highest BCUT2D eigenvalue weighted by Gasteiger charge is 2.12. The van der Waals surface area contributed by atoms with Gasteiger partial charge in [-0.15, -0.1) is 0 Å². The molecule has 0 fully saturated rings. The molecule has 0 radical (unpaired) electrons. The molecule has 0 heterocycles. The molecule has 0 saturated carbocycles. The molecule has 5 heteroatoms. The highest BCUT2D eigenvalue weighted by molar-refractivity contribution is 5.74. The van der Waals surface area contributed by atoms with Gasteiger partial charge in [0.05, 0.1) is 0 Å². The Morgan fingerprint density at radius 2 is 1.95 bits per heavy atom. The lowest BCUT2D eigenvalue weighted by molar-refractivity contribution is -0.118. The van der Waals surface area contributed by atoms with Crippen LogP contribution in [0.3, 0.4) is 0 Å². The minimum atomic E-state index is -0.557. The van der Waals surface area contributed by atoms with E-state index in [1.165, 1.54) is 6.92 Å². The van der Waals surface area contributed by atoms with Crippen LogP contribution in [-0.2, 0) is 4.79 Å². The largest absolute Gasteiger partial charge is 0.491 e. The van der Waals surface area contributed by atoms with Crippen molar-refractivity contribution in [3.8, 4) is 5.75 Å². The van der Waals surface area contributed by atoms with E-state index < -0.39 is 6.10 Å². The zero-order valence-electron chi connectivity index (χ0n) is 13.7. The van der Waals surface area contributed by atoms with Crippen LogP contribution in [0, 0.1) is 0 Å². The second-order valence-corrected chi connectivity index (χ2v) is 6.20. The number of nitrogens with one attached hydrogen (secondary N) is 2. The molecule has 1 aromatic rings. The van der Waals surface area contributed by atoms with Crippen molar-refractivity contribution in [3.05, 3.63) is 36.0 Å². The van der Waals surface area contributed by atoms with Crippen molar-refractivity contribution in [3.63, 3.8) is 0 Å². The van der Waals surface area contributed by atoms with E-state index in [1.54, 1.807) is 12.3 Å². The summed E-state index contributed by atoms with van der Waals surface area (Å²) in [5.74, 6) is 0.598. The molecule has 5 nitrogen and oxygen atoms in total. The Morgan fingerprint density at radius 3 is 2.50 bits per heavy atom. The van der Waals surface area contributed by atoms with Crippen molar-refractivity contribution in [1.82, 2.24) is 10.6 Å². The summed E-state index contributed by atoms with van der Waals surface area (Å²) in [6.07, 6.45) is 2.84. The average Bonchev–Trinajstić information content (AvgIpc) is 2.43. The Hall–Kier alpha value is -1.85. The molecule has 0 bridgehead atoms. The molecule has 0 aromatic heterocycles. The van der Waals surface area contributed by atoms with Gasteiger partial charge in [-0.25, -0.2) is 0 Å². The van der Waals surface area contributed by atoms with E-state index in [4.69, 9.17) is 4.74 Å². The van der Waals surface area contributed by atoms with Gasteiger partial charge in [0.15, 0.2) is 0 Å². The maximum Gasteiger partial charge on any atom is 0.220 e. The number of aliphatic hydroxyl groups excluding tert-OH is 1. The van der Waals surface area contributed by atoms with Gasteiger partial charge >= 0.3 is 0 Å². The maximum absolute atomic E-state index is 10.7. The van der Waals surface area contributed by atoms with Crippen molar-refractivity contribution in [1.29, 1.82) is 0 Å². The summed E-state index contributed by atoms with van der Waals surface area (Å²) in [7, 11) is 0. The number of ether oxygens (including phenoxy) is 1. The minimum Gasteiger partial charge on any atom is -0.491 e. The normalized spacial score (nSPS) is 13.1. The number of rotatable bonds is 7. The smallest absolute Gasteiger partial charge is 0.220 e. The van der Waals surface area contributed by atoms with Crippen LogP contribution in [0.25, 0.3) is 6.08 Å². The molecule has 1 unspecified atom stereocenters. The molecule has 122 valence electrons. The molecule has 0 aliphatic carbocycles. The summed E-state index contributed by atoms with van der Waals surface area (Å²) >= 11 is 0. The van der Waals surface area contributed by atoms with Crippen LogP contribution in [0.2, 0.25) is 0 Å². The molecule has 0 spiro atoms. The van der Waals surface area contributed by atoms with Crippen LogP contribution >= 0.6 is 0 Å². The second kappa shape index (κ2) is 8.56. The van der Waals surface area contributed by atoms with Crippen molar-refractivity contribution in [2.24, 2.45) is 0 Å². The third kappa shape index (κ3) is 8.44. The van der Waals surface area contributed by atoms with Crippen molar-refractivity contribution < 1.29 is 14.6 Å². The van der Waals surface area contributed by atoms with Crippen LogP contribution in [0.5, 0.6) is 5.75 Å². The third-order valence-electron chi connectivity index (χ3n) is 2.75. The first-order chi connectivity index (χ1) is 10.3. The van der Waals surface area contributed by atoms with Gasteiger partial charge in [-0.1, -0.05) is 12.1 Å². The van der Waals surface area contributed by atoms with Crippen molar-refractivity contribution >= 4 is 12.0 Å². The quantitative estimate of drug-likeness (QED) is 0.720. The minimum absolute atomic E-state index is 0.0249. The fourth-order valence-corrected chi connectivity index (χ4v) is 1.61. The van der Waals surface area contributed by atoms with E-state index in [0.717, 1.165) is 5.56 Å². The van der Waals surface area contributed by atoms with Gasteiger partial charge in [0.2, 0.25) is 5.91 Å². The molecule has 3 N–H and O–H groups in total. The molecular formula is C17H26N2O3. The monoisotopic (exact) mass is 306 g/mol.